The van der Waals surface area contributed by atoms with Gasteiger partial charge in [-0.15, -0.1) is 0 Å². The molecular weight excluding hydrogens is 518 g/mol. The second-order valence-corrected chi connectivity index (χ2v) is 9.06. The number of nitrogens with one attached hydrogen (secondary N) is 1. The van der Waals surface area contributed by atoms with E-state index in [2.05, 4.69) is 10.4 Å². The van der Waals surface area contributed by atoms with Crippen molar-refractivity contribution in [2.45, 2.75) is 44.5 Å². The van der Waals surface area contributed by atoms with Crippen molar-refractivity contribution in [1.29, 1.82) is 0 Å². The first-order chi connectivity index (χ1) is 16.1. The Morgan fingerprint density at radius 2 is 1.88 bits per heavy atom. The Morgan fingerprint density at radius 1 is 1.18 bits per heavy atom. The van der Waals surface area contributed by atoms with E-state index in [0.29, 0.717) is 22.9 Å². The molecule has 12 heteroatoms. The highest BCUT2D eigenvalue weighted by Crippen LogP contribution is 2.42. The van der Waals surface area contributed by atoms with Crippen LogP contribution in [0.4, 0.5) is 13.2 Å². The van der Waals surface area contributed by atoms with Gasteiger partial charge in [0.25, 0.3) is 5.91 Å². The first-order valence-electron chi connectivity index (χ1n) is 10.4. The van der Waals surface area contributed by atoms with Gasteiger partial charge < -0.3 is 14.5 Å². The number of hydrogen-bond donors (Lipinski definition) is 1. The van der Waals surface area contributed by atoms with Crippen LogP contribution in [0.5, 0.6) is 5.75 Å². The maximum absolute atomic E-state index is 13.0. The Balaban J connectivity index is 1.27. The fraction of sp³-hybridized carbons (Fsp3) is 0.364. The average Bonchev–Trinajstić information content (AvgIpc) is 3.31. The third kappa shape index (κ3) is 6.00. The summed E-state index contributed by atoms with van der Waals surface area (Å²) in [5.74, 6) is 0.363. The zero-order chi connectivity index (χ0) is 24.5. The van der Waals surface area contributed by atoms with Crippen molar-refractivity contribution in [2.75, 3.05) is 6.54 Å². The molecule has 3 aromatic rings. The van der Waals surface area contributed by atoms with Gasteiger partial charge in [-0.1, -0.05) is 34.8 Å². The molecule has 1 fully saturated rings. The van der Waals surface area contributed by atoms with Crippen LogP contribution >= 0.6 is 34.8 Å². The molecule has 1 aromatic carbocycles. The number of ether oxygens (including phenoxy) is 1. The maximum Gasteiger partial charge on any atom is 0.435 e. The number of nitrogens with zero attached hydrogens (tertiary/aromatic N) is 2. The summed E-state index contributed by atoms with van der Waals surface area (Å²) in [6, 6.07) is 7.18. The van der Waals surface area contributed by atoms with Gasteiger partial charge in [-0.05, 0) is 49.6 Å². The monoisotopic (exact) mass is 535 g/mol. The van der Waals surface area contributed by atoms with Crippen LogP contribution in [-0.4, -0.2) is 22.2 Å². The molecule has 0 saturated heterocycles. The second-order valence-electron chi connectivity index (χ2n) is 7.81. The molecule has 0 atom stereocenters. The van der Waals surface area contributed by atoms with Crippen LogP contribution in [0.1, 0.15) is 52.9 Å². The number of carbonyl (C=O) groups excluding carboxylic acids is 1. The summed E-state index contributed by atoms with van der Waals surface area (Å²) in [6.45, 7) is 0.494. The Hall–Kier alpha value is -2.36. The lowest BCUT2D eigenvalue weighted by atomic mass is 10.2. The third-order valence-corrected chi connectivity index (χ3v) is 5.92. The van der Waals surface area contributed by atoms with Crippen molar-refractivity contribution < 1.29 is 27.1 Å². The highest BCUT2D eigenvalue weighted by Gasteiger charge is 2.37. The summed E-state index contributed by atoms with van der Waals surface area (Å²) in [5.41, 5.74) is -0.292. The molecule has 1 N–H and O–H groups in total. The van der Waals surface area contributed by atoms with Crippen molar-refractivity contribution in [3.05, 3.63) is 68.3 Å². The number of hydrogen-bond acceptors (Lipinski definition) is 4. The predicted molar refractivity (Wildman–Crippen MR) is 121 cm³/mol. The minimum atomic E-state index is -4.48. The molecule has 1 aliphatic rings. The van der Waals surface area contributed by atoms with E-state index in [9.17, 15) is 18.0 Å². The van der Waals surface area contributed by atoms with Crippen LogP contribution in [0.25, 0.3) is 0 Å². The summed E-state index contributed by atoms with van der Waals surface area (Å²) in [4.78, 5) is 12.3. The lowest BCUT2D eigenvalue weighted by Crippen LogP contribution is -2.25. The van der Waals surface area contributed by atoms with Crippen molar-refractivity contribution in [3.63, 3.8) is 0 Å². The minimum Gasteiger partial charge on any atom is -0.483 e. The molecule has 0 bridgehead atoms. The van der Waals surface area contributed by atoms with E-state index in [1.807, 2.05) is 0 Å². The highest BCUT2D eigenvalue weighted by molar-refractivity contribution is 6.40. The highest BCUT2D eigenvalue weighted by atomic mass is 35.5. The van der Waals surface area contributed by atoms with E-state index < -0.39 is 17.8 Å². The molecule has 4 rings (SSSR count). The van der Waals surface area contributed by atoms with Crippen molar-refractivity contribution >= 4 is 40.7 Å². The van der Waals surface area contributed by atoms with Gasteiger partial charge in [-0.25, -0.2) is 0 Å². The fourth-order valence-corrected chi connectivity index (χ4v) is 4.29. The number of rotatable bonds is 9. The second kappa shape index (κ2) is 10.1. The van der Waals surface area contributed by atoms with Crippen LogP contribution in [0, 0.1) is 0 Å². The van der Waals surface area contributed by atoms with Gasteiger partial charge in [0.15, 0.2) is 17.2 Å². The number of halogens is 6. The molecule has 0 aliphatic heterocycles. The molecule has 34 heavy (non-hydrogen) atoms. The van der Waals surface area contributed by atoms with Gasteiger partial charge in [-0.3, -0.25) is 9.48 Å². The molecule has 6 nitrogen and oxygen atoms in total. The molecule has 0 radical (unpaired) electrons. The molecule has 2 aromatic heterocycles. The first-order valence-corrected chi connectivity index (χ1v) is 11.5. The summed E-state index contributed by atoms with van der Waals surface area (Å²) < 4.78 is 51.4. The summed E-state index contributed by atoms with van der Waals surface area (Å²) >= 11 is 18.0. The molecule has 1 saturated carbocycles. The standard InChI is InChI=1S/C22H19Cl3F3N3O3/c23-13-8-15(24)20(16(25)9-13)33-11-14-4-5-18(34-14)21(32)29-6-1-7-31-17(12-2-3-12)10-19(30-31)22(26,27)28/h4-5,8-10,12H,1-3,6-7,11H2,(H,29,32). The molecule has 0 unspecified atom stereocenters. The van der Waals surface area contributed by atoms with E-state index >= 15 is 0 Å². The number of alkyl halides is 3. The normalized spacial score (nSPS) is 13.8. The van der Waals surface area contributed by atoms with Gasteiger partial charge in [0.05, 0.1) is 10.0 Å². The lowest BCUT2D eigenvalue weighted by Gasteiger charge is -2.09. The summed E-state index contributed by atoms with van der Waals surface area (Å²) in [6.07, 6.45) is -2.34. The average molecular weight is 537 g/mol. The van der Waals surface area contributed by atoms with E-state index in [0.717, 1.165) is 18.9 Å². The van der Waals surface area contributed by atoms with Crippen LogP contribution < -0.4 is 10.1 Å². The third-order valence-electron chi connectivity index (χ3n) is 5.14. The smallest absolute Gasteiger partial charge is 0.435 e. The van der Waals surface area contributed by atoms with Crippen LogP contribution in [0.3, 0.4) is 0 Å². The Labute approximate surface area is 207 Å². The number of carbonyl (C=O) groups is 1. The zero-order valence-corrected chi connectivity index (χ0v) is 19.9. The first kappa shape index (κ1) is 24.8. The predicted octanol–water partition coefficient (Wildman–Crippen LogP) is 6.73. The van der Waals surface area contributed by atoms with Crippen LogP contribution in [0.15, 0.2) is 34.7 Å². The van der Waals surface area contributed by atoms with E-state index in [4.69, 9.17) is 44.0 Å². The Kier molecular flexibility index (Phi) is 7.35. The molecule has 0 spiro atoms. The van der Waals surface area contributed by atoms with Gasteiger partial charge in [0.2, 0.25) is 0 Å². The van der Waals surface area contributed by atoms with E-state index in [-0.39, 0.29) is 47.2 Å². The molecule has 182 valence electrons. The number of furan rings is 1. The van der Waals surface area contributed by atoms with E-state index in [1.54, 1.807) is 6.07 Å². The van der Waals surface area contributed by atoms with Crippen molar-refractivity contribution in [1.82, 2.24) is 15.1 Å². The lowest BCUT2D eigenvalue weighted by molar-refractivity contribution is -0.141. The largest absolute Gasteiger partial charge is 0.483 e. The van der Waals surface area contributed by atoms with Gasteiger partial charge in [0.1, 0.15) is 12.4 Å². The van der Waals surface area contributed by atoms with Gasteiger partial charge >= 0.3 is 6.18 Å². The number of amides is 1. The Morgan fingerprint density at radius 3 is 2.53 bits per heavy atom. The fourth-order valence-electron chi connectivity index (χ4n) is 3.36. The maximum atomic E-state index is 13.0. The molecule has 1 aliphatic carbocycles. The summed E-state index contributed by atoms with van der Waals surface area (Å²) in [7, 11) is 0. The van der Waals surface area contributed by atoms with Crippen molar-refractivity contribution in [2.24, 2.45) is 0 Å². The number of benzene rings is 1. The van der Waals surface area contributed by atoms with Gasteiger partial charge in [0, 0.05) is 29.7 Å². The molecular formula is C22H19Cl3F3N3O3. The summed E-state index contributed by atoms with van der Waals surface area (Å²) in [5, 5.41) is 7.25. The quantitative estimate of drug-likeness (QED) is 0.308. The van der Waals surface area contributed by atoms with Gasteiger partial charge in [-0.2, -0.15) is 18.3 Å². The SMILES string of the molecule is O=C(NCCCn1nc(C(F)(F)F)cc1C1CC1)c1ccc(COc2c(Cl)cc(Cl)cc2Cl)o1. The van der Waals surface area contributed by atoms with Crippen LogP contribution in [0.2, 0.25) is 15.1 Å². The topological polar surface area (TPSA) is 69.3 Å². The Bertz CT molecular complexity index is 1170. The number of aromatic nitrogens is 2. The van der Waals surface area contributed by atoms with Crippen LogP contribution in [-0.2, 0) is 19.3 Å². The molecule has 1 amide bonds. The van der Waals surface area contributed by atoms with E-state index in [1.165, 1.54) is 22.9 Å². The molecule has 2 heterocycles. The minimum absolute atomic E-state index is 0.0147. The van der Waals surface area contributed by atoms with Crippen molar-refractivity contribution in [3.8, 4) is 5.75 Å². The zero-order valence-electron chi connectivity index (χ0n) is 17.6. The number of aryl methyl sites for hydroxylation is 1.